The summed E-state index contributed by atoms with van der Waals surface area (Å²) in [7, 11) is 0. The highest BCUT2D eigenvalue weighted by Gasteiger charge is 2.27. The molecule has 2 aliphatic heterocycles. The highest BCUT2D eigenvalue weighted by Crippen LogP contribution is 2.28. The molecule has 6 nitrogen and oxygen atoms in total. The van der Waals surface area contributed by atoms with Crippen LogP contribution in [0.2, 0.25) is 0 Å². The summed E-state index contributed by atoms with van der Waals surface area (Å²) in [5, 5.41) is 2.99. The van der Waals surface area contributed by atoms with E-state index in [4.69, 9.17) is 0 Å². The van der Waals surface area contributed by atoms with Crippen LogP contribution in [0, 0.1) is 0 Å². The maximum atomic E-state index is 13.2. The van der Waals surface area contributed by atoms with E-state index in [0.29, 0.717) is 6.54 Å². The Labute approximate surface area is 191 Å². The van der Waals surface area contributed by atoms with Crippen molar-refractivity contribution in [2.24, 2.45) is 0 Å². The first-order chi connectivity index (χ1) is 15.5. The minimum absolute atomic E-state index is 0.00761. The van der Waals surface area contributed by atoms with E-state index in [-0.39, 0.29) is 23.9 Å². The van der Waals surface area contributed by atoms with Crippen molar-refractivity contribution in [2.45, 2.75) is 38.6 Å². The average Bonchev–Trinajstić information content (AvgIpc) is 2.84. The molecule has 2 heterocycles. The summed E-state index contributed by atoms with van der Waals surface area (Å²) in [6, 6.07) is 18.6. The van der Waals surface area contributed by atoms with Gasteiger partial charge in [-0.2, -0.15) is 0 Å². The normalized spacial score (nSPS) is 19.2. The second-order valence-electron chi connectivity index (χ2n) is 9.13. The monoisotopic (exact) mass is 434 g/mol. The molecule has 6 heteroatoms. The maximum Gasteiger partial charge on any atom is 0.317 e. The molecule has 0 unspecified atom stereocenters. The van der Waals surface area contributed by atoms with Gasteiger partial charge in [0.15, 0.2) is 0 Å². The molecule has 1 N–H and O–H groups in total. The number of piperidine rings is 1. The molecule has 0 aromatic heterocycles. The molecule has 2 aliphatic rings. The number of piperazine rings is 1. The zero-order valence-corrected chi connectivity index (χ0v) is 19.2. The van der Waals surface area contributed by atoms with E-state index in [1.165, 1.54) is 5.69 Å². The number of amides is 3. The lowest BCUT2D eigenvalue weighted by Crippen LogP contribution is -2.48. The van der Waals surface area contributed by atoms with Crippen molar-refractivity contribution >= 4 is 17.6 Å². The van der Waals surface area contributed by atoms with Crippen LogP contribution in [0.3, 0.4) is 0 Å². The number of carbonyl (C=O) groups excluding carboxylic acids is 2. The summed E-state index contributed by atoms with van der Waals surface area (Å²) in [5.41, 5.74) is 3.12. The molecule has 2 saturated heterocycles. The van der Waals surface area contributed by atoms with Gasteiger partial charge >= 0.3 is 6.03 Å². The van der Waals surface area contributed by atoms with Crippen molar-refractivity contribution < 1.29 is 9.59 Å². The number of carbonyl (C=O) groups is 2. The molecule has 32 heavy (non-hydrogen) atoms. The molecule has 2 aromatic rings. The lowest BCUT2D eigenvalue weighted by Gasteiger charge is -2.36. The molecular weight excluding hydrogens is 400 g/mol. The number of rotatable bonds is 4. The summed E-state index contributed by atoms with van der Waals surface area (Å²) >= 11 is 0. The summed E-state index contributed by atoms with van der Waals surface area (Å²) in [5.74, 6) is 0.370. The predicted octanol–water partition coefficient (Wildman–Crippen LogP) is 3.95. The number of hydrogen-bond acceptors (Lipinski definition) is 3. The zero-order valence-electron chi connectivity index (χ0n) is 19.2. The first-order valence-corrected chi connectivity index (χ1v) is 11.8. The fraction of sp³-hybridized carbons (Fsp3) is 0.462. The quantitative estimate of drug-likeness (QED) is 0.793. The third-order valence-corrected chi connectivity index (χ3v) is 6.41. The van der Waals surface area contributed by atoms with Gasteiger partial charge in [-0.3, -0.25) is 4.79 Å². The minimum atomic E-state index is 0.00761. The Morgan fingerprint density at radius 1 is 0.906 bits per heavy atom. The highest BCUT2D eigenvalue weighted by molar-refractivity contribution is 5.94. The molecule has 0 spiro atoms. The van der Waals surface area contributed by atoms with Crippen LogP contribution in [0.15, 0.2) is 54.6 Å². The van der Waals surface area contributed by atoms with Gasteiger partial charge in [-0.05, 0) is 56.5 Å². The minimum Gasteiger partial charge on any atom is -0.368 e. The van der Waals surface area contributed by atoms with Crippen LogP contribution in [0.1, 0.15) is 48.5 Å². The van der Waals surface area contributed by atoms with E-state index in [0.717, 1.165) is 56.7 Å². The van der Waals surface area contributed by atoms with E-state index in [1.807, 2.05) is 47.9 Å². The Balaban J connectivity index is 1.38. The summed E-state index contributed by atoms with van der Waals surface area (Å²) < 4.78 is 0. The van der Waals surface area contributed by atoms with Gasteiger partial charge in [0.2, 0.25) is 0 Å². The van der Waals surface area contributed by atoms with Gasteiger partial charge in [0.05, 0.1) is 0 Å². The second kappa shape index (κ2) is 10.1. The predicted molar refractivity (Wildman–Crippen MR) is 128 cm³/mol. The molecule has 1 atom stereocenters. The van der Waals surface area contributed by atoms with Crippen LogP contribution in [-0.2, 0) is 0 Å². The van der Waals surface area contributed by atoms with E-state index in [9.17, 15) is 9.59 Å². The summed E-state index contributed by atoms with van der Waals surface area (Å²) in [6.45, 7) is 8.60. The Morgan fingerprint density at radius 2 is 1.66 bits per heavy atom. The lowest BCUT2D eigenvalue weighted by molar-refractivity contribution is 0.0746. The first-order valence-electron chi connectivity index (χ1n) is 11.8. The van der Waals surface area contributed by atoms with E-state index in [2.05, 4.69) is 40.5 Å². The van der Waals surface area contributed by atoms with Crippen molar-refractivity contribution in [1.29, 1.82) is 0 Å². The number of likely N-dealkylation sites (tertiary alicyclic amines) is 1. The SMILES string of the molecule is CC(C)NC(=O)N1CCC[C@H](c2cccc(C(=O)N3CCN(c4ccccc4)CC3)c2)C1. The molecule has 0 bridgehead atoms. The largest absolute Gasteiger partial charge is 0.368 e. The fourth-order valence-electron chi connectivity index (χ4n) is 4.69. The number of hydrogen-bond donors (Lipinski definition) is 1. The fourth-order valence-corrected chi connectivity index (χ4v) is 4.69. The molecular formula is C26H34N4O2. The Kier molecular flexibility index (Phi) is 6.98. The number of urea groups is 1. The van der Waals surface area contributed by atoms with Gasteiger partial charge in [0, 0.05) is 62.5 Å². The van der Waals surface area contributed by atoms with Crippen LogP contribution in [-0.4, -0.2) is 67.0 Å². The molecule has 0 radical (unpaired) electrons. The lowest BCUT2D eigenvalue weighted by atomic mass is 9.89. The molecule has 170 valence electrons. The molecule has 2 aromatic carbocycles. The number of anilines is 1. The topological polar surface area (TPSA) is 55.9 Å². The van der Waals surface area contributed by atoms with Crippen molar-refractivity contribution in [1.82, 2.24) is 15.1 Å². The Hall–Kier alpha value is -3.02. The van der Waals surface area contributed by atoms with Gasteiger partial charge in [-0.1, -0.05) is 30.3 Å². The number of nitrogens with zero attached hydrogens (tertiary/aromatic N) is 3. The van der Waals surface area contributed by atoms with Crippen LogP contribution < -0.4 is 10.2 Å². The Morgan fingerprint density at radius 3 is 2.38 bits per heavy atom. The van der Waals surface area contributed by atoms with Gasteiger partial charge in [0.1, 0.15) is 0 Å². The highest BCUT2D eigenvalue weighted by atomic mass is 16.2. The van der Waals surface area contributed by atoms with E-state index >= 15 is 0 Å². The zero-order chi connectivity index (χ0) is 22.5. The number of nitrogens with one attached hydrogen (secondary N) is 1. The molecule has 0 saturated carbocycles. The third-order valence-electron chi connectivity index (χ3n) is 6.41. The smallest absolute Gasteiger partial charge is 0.317 e. The third kappa shape index (κ3) is 5.23. The Bertz CT molecular complexity index is 922. The van der Waals surface area contributed by atoms with Crippen LogP contribution in [0.25, 0.3) is 0 Å². The van der Waals surface area contributed by atoms with Crippen molar-refractivity contribution in [3.8, 4) is 0 Å². The average molecular weight is 435 g/mol. The first kappa shape index (κ1) is 22.2. The van der Waals surface area contributed by atoms with Gasteiger partial charge in [-0.15, -0.1) is 0 Å². The molecule has 3 amide bonds. The van der Waals surface area contributed by atoms with Crippen LogP contribution in [0.4, 0.5) is 10.5 Å². The van der Waals surface area contributed by atoms with Gasteiger partial charge in [0.25, 0.3) is 5.91 Å². The van der Waals surface area contributed by atoms with Crippen molar-refractivity contribution in [3.05, 3.63) is 65.7 Å². The molecule has 0 aliphatic carbocycles. The van der Waals surface area contributed by atoms with E-state index in [1.54, 1.807) is 0 Å². The molecule has 2 fully saturated rings. The van der Waals surface area contributed by atoms with Crippen LogP contribution >= 0.6 is 0 Å². The van der Waals surface area contributed by atoms with Crippen molar-refractivity contribution in [3.63, 3.8) is 0 Å². The number of para-hydroxylation sites is 1. The van der Waals surface area contributed by atoms with Crippen molar-refractivity contribution in [2.75, 3.05) is 44.2 Å². The second-order valence-corrected chi connectivity index (χ2v) is 9.13. The van der Waals surface area contributed by atoms with Crippen LogP contribution in [0.5, 0.6) is 0 Å². The summed E-state index contributed by atoms with van der Waals surface area (Å²) in [4.78, 5) is 31.9. The maximum absolute atomic E-state index is 13.2. The number of benzene rings is 2. The van der Waals surface area contributed by atoms with Gasteiger partial charge in [-0.25, -0.2) is 4.79 Å². The van der Waals surface area contributed by atoms with Gasteiger partial charge < -0.3 is 20.0 Å². The summed E-state index contributed by atoms with van der Waals surface area (Å²) in [6.07, 6.45) is 2.02. The van der Waals surface area contributed by atoms with E-state index < -0.39 is 0 Å². The molecule has 4 rings (SSSR count). The standard InChI is InChI=1S/C26H34N4O2/c1-20(2)27-26(32)30-13-7-10-23(19-30)21-8-6-9-22(18-21)25(31)29-16-14-28(15-17-29)24-11-4-3-5-12-24/h3-6,8-9,11-12,18,20,23H,7,10,13-17,19H2,1-2H3,(H,27,32)/t23-/m0/s1.